The van der Waals surface area contributed by atoms with Crippen LogP contribution in [0.5, 0.6) is 11.5 Å². The molecule has 5 nitrogen and oxygen atoms in total. The van der Waals surface area contributed by atoms with Gasteiger partial charge in [-0.05, 0) is 24.1 Å². The zero-order chi connectivity index (χ0) is 21.3. The van der Waals surface area contributed by atoms with Gasteiger partial charge in [0.15, 0.2) is 5.78 Å². The van der Waals surface area contributed by atoms with E-state index < -0.39 is 11.4 Å². The second-order valence-corrected chi connectivity index (χ2v) is 6.86. The van der Waals surface area contributed by atoms with Crippen LogP contribution in [0.1, 0.15) is 21.5 Å². The molecular formula is C25H18O5. The molecule has 0 radical (unpaired) electrons. The van der Waals surface area contributed by atoms with Gasteiger partial charge in [0.1, 0.15) is 22.6 Å². The summed E-state index contributed by atoms with van der Waals surface area (Å²) in [5.41, 5.74) is 0.979. The Morgan fingerprint density at radius 2 is 1.57 bits per heavy atom. The number of ketones is 1. The number of rotatable bonds is 4. The van der Waals surface area contributed by atoms with Crippen LogP contribution in [-0.4, -0.2) is 16.0 Å². The molecule has 5 heteroatoms. The lowest BCUT2D eigenvalue weighted by Crippen LogP contribution is -2.15. The number of hydrogen-bond acceptors (Lipinski definition) is 5. The summed E-state index contributed by atoms with van der Waals surface area (Å²) >= 11 is 0. The molecule has 3 aromatic carbocycles. The highest BCUT2D eigenvalue weighted by Crippen LogP contribution is 2.40. The molecule has 2 N–H and O–H groups in total. The van der Waals surface area contributed by atoms with E-state index in [0.717, 1.165) is 5.56 Å². The molecule has 0 saturated heterocycles. The number of fused-ring (bicyclic) bond motifs is 1. The van der Waals surface area contributed by atoms with E-state index in [2.05, 4.69) is 0 Å². The average Bonchev–Trinajstić information content (AvgIpc) is 2.76. The van der Waals surface area contributed by atoms with Crippen LogP contribution in [0.3, 0.4) is 0 Å². The minimum absolute atomic E-state index is 0.0416. The Balaban J connectivity index is 2.02. The van der Waals surface area contributed by atoms with E-state index in [4.69, 9.17) is 4.42 Å². The Bertz CT molecular complexity index is 1330. The van der Waals surface area contributed by atoms with Crippen molar-refractivity contribution < 1.29 is 19.4 Å². The van der Waals surface area contributed by atoms with Gasteiger partial charge in [0.2, 0.25) is 0 Å². The Labute approximate surface area is 172 Å². The first-order chi connectivity index (χ1) is 14.5. The number of carbonyl (C=O) groups is 1. The summed E-state index contributed by atoms with van der Waals surface area (Å²) in [6.07, 6.45) is 2.92. The van der Waals surface area contributed by atoms with E-state index in [1.165, 1.54) is 12.1 Å². The Hall–Kier alpha value is -4.12. The number of aryl methyl sites for hydroxylation is 1. The summed E-state index contributed by atoms with van der Waals surface area (Å²) in [5, 5.41) is 20.8. The van der Waals surface area contributed by atoms with Gasteiger partial charge in [-0.3, -0.25) is 4.79 Å². The molecule has 0 spiro atoms. The normalized spacial score (nSPS) is 11.2. The molecule has 0 aliphatic carbocycles. The molecule has 0 saturated carbocycles. The van der Waals surface area contributed by atoms with Crippen LogP contribution in [0.4, 0.5) is 0 Å². The maximum absolute atomic E-state index is 13.1. The Morgan fingerprint density at radius 1 is 0.933 bits per heavy atom. The molecular weight excluding hydrogens is 380 g/mol. The van der Waals surface area contributed by atoms with Crippen molar-refractivity contribution >= 4 is 22.8 Å². The summed E-state index contributed by atoms with van der Waals surface area (Å²) in [7, 11) is 0. The third kappa shape index (κ3) is 3.37. The maximum atomic E-state index is 13.1. The Kier molecular flexibility index (Phi) is 4.94. The predicted molar refractivity (Wildman–Crippen MR) is 116 cm³/mol. The number of carbonyl (C=O) groups excluding carboxylic acids is 1. The first-order valence-corrected chi connectivity index (χ1v) is 9.32. The first kappa shape index (κ1) is 19.2. The van der Waals surface area contributed by atoms with E-state index in [-0.39, 0.29) is 33.6 Å². The van der Waals surface area contributed by atoms with Crippen LogP contribution in [0, 0.1) is 6.92 Å². The number of aromatic hydroxyl groups is 2. The Morgan fingerprint density at radius 3 is 2.23 bits per heavy atom. The monoisotopic (exact) mass is 398 g/mol. The number of phenolic OH excluding ortho intramolecular Hbond substituents is 2. The van der Waals surface area contributed by atoms with Gasteiger partial charge in [-0.25, -0.2) is 4.79 Å². The predicted octanol–water partition coefficient (Wildman–Crippen LogP) is 5.08. The molecule has 148 valence electrons. The lowest BCUT2D eigenvalue weighted by Gasteiger charge is -2.13. The smallest absolute Gasteiger partial charge is 0.348 e. The zero-order valence-corrected chi connectivity index (χ0v) is 16.1. The zero-order valence-electron chi connectivity index (χ0n) is 16.1. The van der Waals surface area contributed by atoms with Crippen molar-refractivity contribution in [3.8, 4) is 22.6 Å². The molecule has 0 bridgehead atoms. The maximum Gasteiger partial charge on any atom is 0.348 e. The molecule has 1 aromatic heterocycles. The van der Waals surface area contributed by atoms with Crippen molar-refractivity contribution in [1.29, 1.82) is 0 Å². The molecule has 0 atom stereocenters. The van der Waals surface area contributed by atoms with E-state index in [9.17, 15) is 19.8 Å². The number of allylic oxidation sites excluding steroid dienone is 1. The van der Waals surface area contributed by atoms with Crippen molar-refractivity contribution in [2.75, 3.05) is 0 Å². The van der Waals surface area contributed by atoms with Crippen molar-refractivity contribution in [2.45, 2.75) is 6.92 Å². The quantitative estimate of drug-likeness (QED) is 0.284. The van der Waals surface area contributed by atoms with E-state index in [1.807, 2.05) is 36.4 Å². The second kappa shape index (κ2) is 7.72. The highest BCUT2D eigenvalue weighted by Gasteiger charge is 2.24. The molecule has 0 fully saturated rings. The van der Waals surface area contributed by atoms with Gasteiger partial charge in [0, 0.05) is 17.2 Å². The fourth-order valence-corrected chi connectivity index (χ4v) is 3.41. The molecule has 0 aliphatic heterocycles. The van der Waals surface area contributed by atoms with Crippen molar-refractivity contribution in [3.05, 3.63) is 99.9 Å². The molecule has 1 heterocycles. The molecule has 0 unspecified atom stereocenters. The third-order valence-electron chi connectivity index (χ3n) is 4.92. The second-order valence-electron chi connectivity index (χ2n) is 6.86. The first-order valence-electron chi connectivity index (χ1n) is 9.32. The lowest BCUT2D eigenvalue weighted by molar-refractivity contribution is 0.104. The molecule has 4 aromatic rings. The third-order valence-corrected chi connectivity index (χ3v) is 4.92. The van der Waals surface area contributed by atoms with Crippen LogP contribution in [0.2, 0.25) is 0 Å². The summed E-state index contributed by atoms with van der Waals surface area (Å²) in [4.78, 5) is 25.9. The lowest BCUT2D eigenvalue weighted by atomic mass is 9.93. The minimum Gasteiger partial charge on any atom is -0.507 e. The van der Waals surface area contributed by atoms with Crippen LogP contribution in [0.25, 0.3) is 28.2 Å². The number of benzene rings is 3. The van der Waals surface area contributed by atoms with Gasteiger partial charge in [-0.15, -0.1) is 0 Å². The SMILES string of the molecule is Cc1c(O)cc(O)c2c(-c3ccccc3)c(C(=O)C=Cc3ccccc3)c(=O)oc12. The standard InChI is InChI=1S/C25H18O5/c1-15-19(27)14-20(28)22-21(17-10-6-3-7-11-17)23(25(29)30-24(15)22)18(26)13-12-16-8-4-2-5-9-16/h2-14,27-28H,1H3. The fourth-order valence-electron chi connectivity index (χ4n) is 3.41. The van der Waals surface area contributed by atoms with Gasteiger partial charge in [-0.2, -0.15) is 0 Å². The number of phenols is 2. The van der Waals surface area contributed by atoms with Crippen LogP contribution < -0.4 is 5.63 Å². The molecule has 30 heavy (non-hydrogen) atoms. The summed E-state index contributed by atoms with van der Waals surface area (Å²) in [5.74, 6) is -1.03. The topological polar surface area (TPSA) is 87.7 Å². The largest absolute Gasteiger partial charge is 0.507 e. The van der Waals surface area contributed by atoms with Gasteiger partial charge < -0.3 is 14.6 Å². The summed E-state index contributed by atoms with van der Waals surface area (Å²) in [6, 6.07) is 19.2. The summed E-state index contributed by atoms with van der Waals surface area (Å²) in [6.45, 7) is 1.58. The average molecular weight is 398 g/mol. The highest BCUT2D eigenvalue weighted by atomic mass is 16.4. The van der Waals surface area contributed by atoms with Crippen molar-refractivity contribution in [3.63, 3.8) is 0 Å². The fraction of sp³-hybridized carbons (Fsp3) is 0.0400. The van der Waals surface area contributed by atoms with Gasteiger partial charge >= 0.3 is 5.63 Å². The molecule has 0 amide bonds. The minimum atomic E-state index is -0.836. The van der Waals surface area contributed by atoms with E-state index in [1.54, 1.807) is 37.3 Å². The summed E-state index contributed by atoms with van der Waals surface area (Å²) < 4.78 is 5.39. The van der Waals surface area contributed by atoms with Crippen molar-refractivity contribution in [1.82, 2.24) is 0 Å². The van der Waals surface area contributed by atoms with E-state index >= 15 is 0 Å². The van der Waals surface area contributed by atoms with E-state index in [0.29, 0.717) is 11.1 Å². The van der Waals surface area contributed by atoms with Crippen LogP contribution >= 0.6 is 0 Å². The van der Waals surface area contributed by atoms with Crippen LogP contribution in [0.15, 0.2) is 82.0 Å². The molecule has 4 rings (SSSR count). The van der Waals surface area contributed by atoms with Gasteiger partial charge in [0.25, 0.3) is 0 Å². The highest BCUT2D eigenvalue weighted by molar-refractivity contribution is 6.16. The molecule has 0 aliphatic rings. The van der Waals surface area contributed by atoms with Crippen molar-refractivity contribution in [2.24, 2.45) is 0 Å². The van der Waals surface area contributed by atoms with Gasteiger partial charge in [0.05, 0.1) is 5.39 Å². The number of hydrogen-bond donors (Lipinski definition) is 2. The van der Waals surface area contributed by atoms with Crippen LogP contribution in [-0.2, 0) is 0 Å². The van der Waals surface area contributed by atoms with Gasteiger partial charge in [-0.1, -0.05) is 66.7 Å².